The van der Waals surface area contributed by atoms with Crippen LogP contribution in [0.5, 0.6) is 23.0 Å². The molecule has 0 aliphatic heterocycles. The van der Waals surface area contributed by atoms with Crippen LogP contribution in [0, 0.1) is 0 Å². The molecule has 0 fully saturated rings. The molecular formula is C36H52O10. The minimum Gasteiger partial charge on any atom is -0.508 e. The van der Waals surface area contributed by atoms with Crippen LogP contribution in [0.1, 0.15) is 128 Å². The van der Waals surface area contributed by atoms with Crippen molar-refractivity contribution in [2.24, 2.45) is 0 Å². The molecule has 10 nitrogen and oxygen atoms in total. The Morgan fingerprint density at radius 1 is 0.587 bits per heavy atom. The van der Waals surface area contributed by atoms with Gasteiger partial charge in [0.25, 0.3) is 0 Å². The summed E-state index contributed by atoms with van der Waals surface area (Å²) in [6.07, 6.45) is 12.3. The zero-order chi connectivity index (χ0) is 34.2. The number of aryl methyl sites for hydroxylation is 1. The molecule has 0 saturated carbocycles. The SMILES string of the molecule is CCCCCC(=O)Oc1cccc(OC(=O)CCCCC)c1.O=C(O)CCCCCc1ccc(O)c(CCCCCC(=O)O)c1O. The smallest absolute Gasteiger partial charge is 0.311 e. The summed E-state index contributed by atoms with van der Waals surface area (Å²) in [5.74, 6) is -1.12. The molecule has 4 N–H and O–H groups in total. The van der Waals surface area contributed by atoms with Crippen molar-refractivity contribution in [3.63, 3.8) is 0 Å². The predicted octanol–water partition coefficient (Wildman–Crippen LogP) is 8.13. The van der Waals surface area contributed by atoms with Crippen molar-refractivity contribution in [1.82, 2.24) is 0 Å². The normalized spacial score (nSPS) is 10.5. The molecule has 0 spiro atoms. The fourth-order valence-corrected chi connectivity index (χ4v) is 4.65. The molecule has 46 heavy (non-hydrogen) atoms. The quantitative estimate of drug-likeness (QED) is 0.0558. The van der Waals surface area contributed by atoms with Gasteiger partial charge in [-0.15, -0.1) is 0 Å². The summed E-state index contributed by atoms with van der Waals surface area (Å²) < 4.78 is 10.5. The standard InChI is InChI=1S/C18H26O6.C18H26O4/c19-15-12-11-13(7-3-1-5-9-16(20)21)18(24)14(15)8-4-2-6-10-17(22)23;1-3-5-7-12-17(19)21-15-10-9-11-16(14-15)22-18(20)13-8-6-4-2/h11-12,19,24H,1-10H2,(H,20,21)(H,22,23);9-11,14H,3-8,12-13H2,1-2H3. The van der Waals surface area contributed by atoms with Crippen molar-refractivity contribution in [1.29, 1.82) is 0 Å². The molecule has 2 aromatic rings. The third kappa shape index (κ3) is 18.7. The Labute approximate surface area is 272 Å². The van der Waals surface area contributed by atoms with Crippen molar-refractivity contribution >= 4 is 23.9 Å². The fourth-order valence-electron chi connectivity index (χ4n) is 4.65. The predicted molar refractivity (Wildman–Crippen MR) is 175 cm³/mol. The molecule has 0 radical (unpaired) electrons. The molecular weight excluding hydrogens is 592 g/mol. The zero-order valence-electron chi connectivity index (χ0n) is 27.4. The van der Waals surface area contributed by atoms with Gasteiger partial charge in [-0.05, 0) is 75.1 Å². The highest BCUT2D eigenvalue weighted by atomic mass is 16.5. The number of unbranched alkanes of at least 4 members (excludes halogenated alkanes) is 8. The first-order valence-corrected chi connectivity index (χ1v) is 16.5. The molecule has 0 aliphatic carbocycles. The van der Waals surface area contributed by atoms with Crippen LogP contribution in [0.3, 0.4) is 0 Å². The van der Waals surface area contributed by atoms with Crippen LogP contribution in [0.4, 0.5) is 0 Å². The first kappa shape index (κ1) is 39.9. The van der Waals surface area contributed by atoms with E-state index < -0.39 is 11.9 Å². The van der Waals surface area contributed by atoms with Crippen LogP contribution in [-0.4, -0.2) is 44.3 Å². The number of carbonyl (C=O) groups excluding carboxylic acids is 2. The number of aromatic hydroxyl groups is 2. The van der Waals surface area contributed by atoms with E-state index in [2.05, 4.69) is 13.8 Å². The van der Waals surface area contributed by atoms with E-state index in [0.29, 0.717) is 62.0 Å². The van der Waals surface area contributed by atoms with E-state index in [1.54, 1.807) is 36.4 Å². The highest BCUT2D eigenvalue weighted by Gasteiger charge is 2.13. The average molecular weight is 645 g/mol. The van der Waals surface area contributed by atoms with Gasteiger partial charge in [-0.1, -0.05) is 64.5 Å². The number of carbonyl (C=O) groups is 4. The van der Waals surface area contributed by atoms with Crippen molar-refractivity contribution in [2.75, 3.05) is 0 Å². The first-order chi connectivity index (χ1) is 22.1. The lowest BCUT2D eigenvalue weighted by atomic mass is 9.98. The van der Waals surface area contributed by atoms with E-state index in [0.717, 1.165) is 63.4 Å². The largest absolute Gasteiger partial charge is 0.508 e. The second-order valence-electron chi connectivity index (χ2n) is 11.3. The average Bonchev–Trinajstić information content (AvgIpc) is 3.00. The minimum absolute atomic E-state index is 0.0559. The third-order valence-electron chi connectivity index (χ3n) is 7.23. The van der Waals surface area contributed by atoms with Gasteiger partial charge in [0.15, 0.2) is 0 Å². The topological polar surface area (TPSA) is 168 Å². The van der Waals surface area contributed by atoms with Crippen LogP contribution in [-0.2, 0) is 32.0 Å². The number of phenols is 2. The van der Waals surface area contributed by atoms with Crippen LogP contribution in [0.25, 0.3) is 0 Å². The van der Waals surface area contributed by atoms with Gasteiger partial charge in [-0.2, -0.15) is 0 Å². The lowest BCUT2D eigenvalue weighted by molar-refractivity contribution is -0.138. The molecule has 0 aliphatic rings. The second-order valence-corrected chi connectivity index (χ2v) is 11.3. The number of esters is 2. The highest BCUT2D eigenvalue weighted by molar-refractivity contribution is 5.74. The Bertz CT molecular complexity index is 1170. The van der Waals surface area contributed by atoms with Crippen LogP contribution in [0.2, 0.25) is 0 Å². The fraction of sp³-hybridized carbons (Fsp3) is 0.556. The monoisotopic (exact) mass is 644 g/mol. The van der Waals surface area contributed by atoms with Crippen molar-refractivity contribution in [3.8, 4) is 23.0 Å². The van der Waals surface area contributed by atoms with Gasteiger partial charge < -0.3 is 29.9 Å². The Morgan fingerprint density at radius 2 is 1.07 bits per heavy atom. The van der Waals surface area contributed by atoms with Crippen LogP contribution < -0.4 is 9.47 Å². The maximum Gasteiger partial charge on any atom is 0.311 e. The second kappa shape index (κ2) is 24.2. The maximum atomic E-state index is 11.7. The van der Waals surface area contributed by atoms with E-state index in [9.17, 15) is 29.4 Å². The zero-order valence-corrected chi connectivity index (χ0v) is 27.4. The van der Waals surface area contributed by atoms with E-state index in [4.69, 9.17) is 19.7 Å². The molecule has 0 bridgehead atoms. The van der Waals surface area contributed by atoms with Gasteiger partial charge in [-0.25, -0.2) is 0 Å². The molecule has 0 atom stereocenters. The van der Waals surface area contributed by atoms with E-state index >= 15 is 0 Å². The molecule has 2 rings (SSSR count). The lowest BCUT2D eigenvalue weighted by Gasteiger charge is -2.12. The van der Waals surface area contributed by atoms with Crippen LogP contribution in [0.15, 0.2) is 36.4 Å². The number of phenolic OH excluding ortho intramolecular Hbond substituents is 2. The molecule has 0 aromatic heterocycles. The van der Waals surface area contributed by atoms with Gasteiger partial charge in [0.2, 0.25) is 0 Å². The van der Waals surface area contributed by atoms with E-state index in [1.807, 2.05) is 0 Å². The summed E-state index contributed by atoms with van der Waals surface area (Å²) >= 11 is 0. The van der Waals surface area contributed by atoms with Gasteiger partial charge in [0.1, 0.15) is 23.0 Å². The first-order valence-electron chi connectivity index (χ1n) is 16.5. The highest BCUT2D eigenvalue weighted by Crippen LogP contribution is 2.33. The van der Waals surface area contributed by atoms with Crippen LogP contribution >= 0.6 is 0 Å². The van der Waals surface area contributed by atoms with E-state index in [1.165, 1.54) is 0 Å². The summed E-state index contributed by atoms with van der Waals surface area (Å²) in [6.45, 7) is 4.17. The number of hydrogen-bond donors (Lipinski definition) is 4. The van der Waals surface area contributed by atoms with Gasteiger partial charge in [-0.3, -0.25) is 19.2 Å². The molecule has 0 saturated heterocycles. The lowest BCUT2D eigenvalue weighted by Crippen LogP contribution is -2.09. The number of ether oxygens (including phenoxy) is 2. The van der Waals surface area contributed by atoms with Gasteiger partial charge in [0.05, 0.1) is 0 Å². The maximum absolute atomic E-state index is 11.7. The molecule has 0 amide bonds. The summed E-state index contributed by atoms with van der Waals surface area (Å²) in [4.78, 5) is 44.2. The number of aliphatic carboxylic acids is 2. The molecule has 256 valence electrons. The number of rotatable bonds is 22. The van der Waals surface area contributed by atoms with E-state index in [-0.39, 0.29) is 36.3 Å². The van der Waals surface area contributed by atoms with Crippen molar-refractivity contribution in [2.45, 2.75) is 129 Å². The molecule has 2 aromatic carbocycles. The Kier molecular flexibility index (Phi) is 21.0. The number of benzene rings is 2. The molecule has 10 heteroatoms. The van der Waals surface area contributed by atoms with Gasteiger partial charge >= 0.3 is 23.9 Å². The van der Waals surface area contributed by atoms with Crippen molar-refractivity contribution in [3.05, 3.63) is 47.5 Å². The summed E-state index contributed by atoms with van der Waals surface area (Å²) in [5.41, 5.74) is 1.26. The van der Waals surface area contributed by atoms with Crippen molar-refractivity contribution < 1.29 is 49.1 Å². The number of carboxylic acid groups (broad SMARTS) is 2. The number of hydrogen-bond acceptors (Lipinski definition) is 8. The molecule has 0 heterocycles. The number of carboxylic acids is 2. The van der Waals surface area contributed by atoms with Gasteiger partial charge in [0, 0.05) is 37.3 Å². The Hall–Kier alpha value is -4.08. The Balaban J connectivity index is 0.000000462. The summed E-state index contributed by atoms with van der Waals surface area (Å²) in [6, 6.07) is 9.92. The molecule has 0 unspecified atom stereocenters. The summed E-state index contributed by atoms with van der Waals surface area (Å²) in [5, 5.41) is 37.4. The third-order valence-corrected chi connectivity index (χ3v) is 7.23. The minimum atomic E-state index is -0.814. The summed E-state index contributed by atoms with van der Waals surface area (Å²) in [7, 11) is 0. The Morgan fingerprint density at radius 3 is 1.54 bits per heavy atom.